The Hall–Kier alpha value is -3.67. The lowest BCUT2D eigenvalue weighted by molar-refractivity contribution is -0.136. The Kier molecular flexibility index (Phi) is 5.40. The molecule has 0 atom stereocenters. The van der Waals surface area contributed by atoms with Crippen LogP contribution in [0, 0.1) is 6.92 Å². The number of nitrogens with one attached hydrogen (secondary N) is 2. The van der Waals surface area contributed by atoms with Crippen LogP contribution in [0.3, 0.4) is 0 Å². The molecule has 3 rings (SSSR count). The van der Waals surface area contributed by atoms with E-state index in [2.05, 4.69) is 17.2 Å². The van der Waals surface area contributed by atoms with Crippen molar-refractivity contribution >= 4 is 34.7 Å². The van der Waals surface area contributed by atoms with Gasteiger partial charge in [-0.2, -0.15) is 0 Å². The quantitative estimate of drug-likeness (QED) is 0.600. The van der Waals surface area contributed by atoms with E-state index in [0.29, 0.717) is 16.8 Å². The molecule has 1 aliphatic rings. The number of anilines is 2. The molecule has 2 N–H and O–H groups in total. The maximum atomic E-state index is 12.9. The SMILES string of the molecule is C=CCN1C(=O)C(Nc2ccc(C)cc2)=C(c2ccc(NC(C)=O)cc2)C1=O. The molecule has 142 valence electrons. The molecule has 2 aromatic rings. The first-order valence-corrected chi connectivity index (χ1v) is 8.84. The van der Waals surface area contributed by atoms with Gasteiger partial charge in [0, 0.05) is 24.8 Å². The van der Waals surface area contributed by atoms with Gasteiger partial charge in [0.05, 0.1) is 5.57 Å². The van der Waals surface area contributed by atoms with Gasteiger partial charge in [-0.25, -0.2) is 0 Å². The van der Waals surface area contributed by atoms with Gasteiger partial charge in [0.25, 0.3) is 11.8 Å². The van der Waals surface area contributed by atoms with Crippen LogP contribution < -0.4 is 10.6 Å². The van der Waals surface area contributed by atoms with E-state index >= 15 is 0 Å². The molecule has 2 aromatic carbocycles. The van der Waals surface area contributed by atoms with E-state index in [1.807, 2.05) is 31.2 Å². The molecule has 0 spiro atoms. The van der Waals surface area contributed by atoms with Crippen molar-refractivity contribution in [3.8, 4) is 0 Å². The molecule has 3 amide bonds. The van der Waals surface area contributed by atoms with Crippen molar-refractivity contribution in [3.63, 3.8) is 0 Å². The molecule has 0 saturated carbocycles. The predicted molar refractivity (Wildman–Crippen MR) is 109 cm³/mol. The highest BCUT2D eigenvalue weighted by molar-refractivity contribution is 6.36. The second kappa shape index (κ2) is 7.92. The number of hydrogen-bond acceptors (Lipinski definition) is 4. The van der Waals surface area contributed by atoms with Crippen molar-refractivity contribution in [2.24, 2.45) is 0 Å². The normalized spacial score (nSPS) is 13.7. The van der Waals surface area contributed by atoms with Crippen LogP contribution in [0.1, 0.15) is 18.1 Å². The molecular formula is C22H21N3O3. The minimum atomic E-state index is -0.397. The lowest BCUT2D eigenvalue weighted by Crippen LogP contribution is -2.32. The van der Waals surface area contributed by atoms with E-state index in [0.717, 1.165) is 16.2 Å². The topological polar surface area (TPSA) is 78.5 Å². The third kappa shape index (κ3) is 3.86. The molecular weight excluding hydrogens is 354 g/mol. The summed E-state index contributed by atoms with van der Waals surface area (Å²) in [4.78, 5) is 38.1. The van der Waals surface area contributed by atoms with Gasteiger partial charge in [0.1, 0.15) is 5.70 Å². The standard InChI is InChI=1S/C22H21N3O3/c1-4-13-25-21(27)19(16-7-11-17(12-8-16)23-15(3)26)20(22(25)28)24-18-9-5-14(2)6-10-18/h4-12,24H,1,13H2,2-3H3,(H,23,26). The van der Waals surface area contributed by atoms with Crippen molar-refractivity contribution in [1.82, 2.24) is 4.90 Å². The van der Waals surface area contributed by atoms with Gasteiger partial charge in [-0.15, -0.1) is 6.58 Å². The molecule has 0 aromatic heterocycles. The second-order valence-corrected chi connectivity index (χ2v) is 6.51. The Morgan fingerprint density at radius 1 is 1.00 bits per heavy atom. The number of carbonyl (C=O) groups excluding carboxylic acids is 3. The second-order valence-electron chi connectivity index (χ2n) is 6.51. The zero-order valence-electron chi connectivity index (χ0n) is 15.8. The molecule has 0 bridgehead atoms. The minimum Gasteiger partial charge on any atom is -0.350 e. The number of nitrogens with zero attached hydrogens (tertiary/aromatic N) is 1. The van der Waals surface area contributed by atoms with Crippen molar-refractivity contribution in [3.05, 3.63) is 78.0 Å². The molecule has 1 heterocycles. The average Bonchev–Trinajstić information content (AvgIpc) is 2.89. The number of hydrogen-bond donors (Lipinski definition) is 2. The summed E-state index contributed by atoms with van der Waals surface area (Å²) in [6, 6.07) is 14.4. The smallest absolute Gasteiger partial charge is 0.278 e. The van der Waals surface area contributed by atoms with Gasteiger partial charge < -0.3 is 10.6 Å². The fourth-order valence-electron chi connectivity index (χ4n) is 2.96. The Bertz CT molecular complexity index is 973. The highest BCUT2D eigenvalue weighted by Gasteiger charge is 2.38. The van der Waals surface area contributed by atoms with E-state index in [1.165, 1.54) is 13.0 Å². The van der Waals surface area contributed by atoms with Gasteiger partial charge in [-0.1, -0.05) is 35.9 Å². The number of aryl methyl sites for hydroxylation is 1. The van der Waals surface area contributed by atoms with Crippen LogP contribution >= 0.6 is 0 Å². The van der Waals surface area contributed by atoms with E-state index in [9.17, 15) is 14.4 Å². The Morgan fingerprint density at radius 2 is 1.61 bits per heavy atom. The van der Waals surface area contributed by atoms with Gasteiger partial charge >= 0.3 is 0 Å². The number of rotatable bonds is 6. The lowest BCUT2D eigenvalue weighted by Gasteiger charge is -2.12. The summed E-state index contributed by atoms with van der Waals surface area (Å²) in [6.45, 7) is 7.15. The molecule has 1 aliphatic heterocycles. The Balaban J connectivity index is 2.02. The predicted octanol–water partition coefficient (Wildman–Crippen LogP) is 3.33. The lowest BCUT2D eigenvalue weighted by atomic mass is 10.0. The maximum Gasteiger partial charge on any atom is 0.278 e. The van der Waals surface area contributed by atoms with Gasteiger partial charge in [0.15, 0.2) is 0 Å². The monoisotopic (exact) mass is 375 g/mol. The summed E-state index contributed by atoms with van der Waals surface area (Å²) in [6.07, 6.45) is 1.52. The highest BCUT2D eigenvalue weighted by atomic mass is 16.2. The average molecular weight is 375 g/mol. The van der Waals surface area contributed by atoms with Crippen LogP contribution in [0.5, 0.6) is 0 Å². The van der Waals surface area contributed by atoms with Crippen LogP contribution in [-0.2, 0) is 14.4 Å². The molecule has 0 saturated heterocycles. The van der Waals surface area contributed by atoms with E-state index in [1.54, 1.807) is 24.3 Å². The van der Waals surface area contributed by atoms with Gasteiger partial charge in [0.2, 0.25) is 5.91 Å². The molecule has 28 heavy (non-hydrogen) atoms. The van der Waals surface area contributed by atoms with Gasteiger partial charge in [-0.05, 0) is 36.8 Å². The van der Waals surface area contributed by atoms with E-state index < -0.39 is 5.91 Å². The Labute approximate surface area is 163 Å². The summed E-state index contributed by atoms with van der Waals surface area (Å²) in [5, 5.41) is 5.78. The summed E-state index contributed by atoms with van der Waals surface area (Å²) in [5.74, 6) is -0.962. The van der Waals surface area contributed by atoms with Crippen molar-refractivity contribution in [2.75, 3.05) is 17.2 Å². The zero-order chi connectivity index (χ0) is 20.3. The number of amides is 3. The molecule has 0 aliphatic carbocycles. The number of imide groups is 1. The largest absolute Gasteiger partial charge is 0.350 e. The number of benzene rings is 2. The molecule has 6 heteroatoms. The summed E-state index contributed by atoms with van der Waals surface area (Å²) < 4.78 is 0. The summed E-state index contributed by atoms with van der Waals surface area (Å²) >= 11 is 0. The minimum absolute atomic E-state index is 0.129. The number of carbonyl (C=O) groups is 3. The third-order valence-corrected chi connectivity index (χ3v) is 4.29. The fraction of sp³-hybridized carbons (Fsp3) is 0.136. The van der Waals surface area contributed by atoms with Crippen LogP contribution in [0.4, 0.5) is 11.4 Å². The molecule has 0 unspecified atom stereocenters. The zero-order valence-corrected chi connectivity index (χ0v) is 15.8. The highest BCUT2D eigenvalue weighted by Crippen LogP contribution is 2.31. The van der Waals surface area contributed by atoms with Crippen molar-refractivity contribution in [2.45, 2.75) is 13.8 Å². The first-order chi connectivity index (χ1) is 13.4. The van der Waals surface area contributed by atoms with Crippen LogP contribution in [-0.4, -0.2) is 29.2 Å². The molecule has 0 fully saturated rings. The van der Waals surface area contributed by atoms with Crippen LogP contribution in [0.15, 0.2) is 66.9 Å². The Morgan fingerprint density at radius 3 is 2.18 bits per heavy atom. The fourth-order valence-corrected chi connectivity index (χ4v) is 2.96. The first kappa shape index (κ1) is 19.1. The van der Waals surface area contributed by atoms with E-state index in [4.69, 9.17) is 0 Å². The van der Waals surface area contributed by atoms with E-state index in [-0.39, 0.29) is 24.1 Å². The summed E-state index contributed by atoms with van der Waals surface area (Å²) in [7, 11) is 0. The van der Waals surface area contributed by atoms with Crippen LogP contribution in [0.2, 0.25) is 0 Å². The first-order valence-electron chi connectivity index (χ1n) is 8.84. The van der Waals surface area contributed by atoms with Crippen LogP contribution in [0.25, 0.3) is 5.57 Å². The van der Waals surface area contributed by atoms with Crippen molar-refractivity contribution in [1.29, 1.82) is 0 Å². The van der Waals surface area contributed by atoms with Gasteiger partial charge in [-0.3, -0.25) is 19.3 Å². The van der Waals surface area contributed by atoms with Crippen molar-refractivity contribution < 1.29 is 14.4 Å². The summed E-state index contributed by atoms with van der Waals surface area (Å²) in [5.41, 5.74) is 3.54. The maximum absolute atomic E-state index is 12.9. The molecule has 6 nitrogen and oxygen atoms in total. The molecule has 0 radical (unpaired) electrons. The third-order valence-electron chi connectivity index (χ3n) is 4.29.